The molecule has 0 radical (unpaired) electrons. The van der Waals surface area contributed by atoms with Gasteiger partial charge in [-0.3, -0.25) is 4.90 Å². The summed E-state index contributed by atoms with van der Waals surface area (Å²) in [4.78, 5) is 2.57. The number of hydrogen-bond donors (Lipinski definition) is 1. The maximum atomic E-state index is 5.76. The van der Waals surface area contributed by atoms with Crippen LogP contribution in [0.25, 0.3) is 0 Å². The Morgan fingerprint density at radius 1 is 1.22 bits per heavy atom. The smallest absolute Gasteiger partial charge is 0.122 e. The van der Waals surface area contributed by atoms with E-state index in [9.17, 15) is 0 Å². The van der Waals surface area contributed by atoms with Crippen molar-refractivity contribution in [2.24, 2.45) is 0 Å². The number of benzene rings is 1. The van der Waals surface area contributed by atoms with E-state index in [0.29, 0.717) is 18.0 Å². The second kappa shape index (κ2) is 4.90. The van der Waals surface area contributed by atoms with Crippen LogP contribution in [0, 0.1) is 0 Å². The molecule has 0 amide bonds. The number of piperazine rings is 1. The van der Waals surface area contributed by atoms with Gasteiger partial charge in [-0.15, -0.1) is 0 Å². The van der Waals surface area contributed by atoms with Gasteiger partial charge in [-0.05, 0) is 19.9 Å². The molecule has 2 heterocycles. The van der Waals surface area contributed by atoms with E-state index in [-0.39, 0.29) is 0 Å². The molecule has 2 aliphatic heterocycles. The summed E-state index contributed by atoms with van der Waals surface area (Å²) in [6, 6.07) is 9.64. The second-order valence-corrected chi connectivity index (χ2v) is 5.73. The normalized spacial score (nSPS) is 32.0. The second-order valence-electron chi connectivity index (χ2n) is 5.73. The number of para-hydroxylation sites is 1. The zero-order valence-electron chi connectivity index (χ0n) is 11.2. The number of nitrogens with one attached hydrogen (secondary N) is 1. The van der Waals surface area contributed by atoms with Crippen LogP contribution in [0.15, 0.2) is 24.3 Å². The summed E-state index contributed by atoms with van der Waals surface area (Å²) in [5.41, 5.74) is 1.39. The molecule has 1 aromatic rings. The molecular weight excluding hydrogens is 224 g/mol. The summed E-state index contributed by atoms with van der Waals surface area (Å²) in [5.74, 6) is 1.62. The van der Waals surface area contributed by atoms with Gasteiger partial charge in [0.25, 0.3) is 0 Å². The van der Waals surface area contributed by atoms with Gasteiger partial charge >= 0.3 is 0 Å². The minimum Gasteiger partial charge on any atom is -0.493 e. The van der Waals surface area contributed by atoms with Crippen molar-refractivity contribution in [3.8, 4) is 5.75 Å². The van der Waals surface area contributed by atoms with Crippen LogP contribution in [-0.2, 0) is 0 Å². The van der Waals surface area contributed by atoms with Crippen LogP contribution in [0.5, 0.6) is 5.75 Å². The van der Waals surface area contributed by atoms with Gasteiger partial charge in [-0.25, -0.2) is 0 Å². The average molecular weight is 246 g/mol. The van der Waals surface area contributed by atoms with Crippen LogP contribution in [0.4, 0.5) is 0 Å². The third-order valence-electron chi connectivity index (χ3n) is 3.91. The van der Waals surface area contributed by atoms with Crippen LogP contribution in [0.3, 0.4) is 0 Å². The SMILES string of the molecule is CC1CN(CC2COc3ccccc32)CC(C)N1. The molecule has 1 fully saturated rings. The van der Waals surface area contributed by atoms with Crippen molar-refractivity contribution < 1.29 is 4.74 Å². The van der Waals surface area contributed by atoms with Crippen LogP contribution in [0.1, 0.15) is 25.3 Å². The predicted molar refractivity (Wildman–Crippen MR) is 73.2 cm³/mol. The van der Waals surface area contributed by atoms with E-state index in [4.69, 9.17) is 4.74 Å². The zero-order valence-corrected chi connectivity index (χ0v) is 11.2. The van der Waals surface area contributed by atoms with Crippen molar-refractivity contribution in [1.82, 2.24) is 10.2 Å². The molecule has 3 atom stereocenters. The fraction of sp³-hybridized carbons (Fsp3) is 0.600. The van der Waals surface area contributed by atoms with Crippen LogP contribution >= 0.6 is 0 Å². The van der Waals surface area contributed by atoms with E-state index in [1.54, 1.807) is 0 Å². The molecule has 0 bridgehead atoms. The predicted octanol–water partition coefficient (Wildman–Crippen LogP) is 1.84. The van der Waals surface area contributed by atoms with Gasteiger partial charge in [0.15, 0.2) is 0 Å². The van der Waals surface area contributed by atoms with Crippen molar-refractivity contribution in [1.29, 1.82) is 0 Å². The number of rotatable bonds is 2. The number of ether oxygens (including phenoxy) is 1. The number of hydrogen-bond acceptors (Lipinski definition) is 3. The maximum absolute atomic E-state index is 5.76. The molecule has 1 saturated heterocycles. The van der Waals surface area contributed by atoms with Gasteiger partial charge in [-0.1, -0.05) is 18.2 Å². The Labute approximate surface area is 109 Å². The van der Waals surface area contributed by atoms with E-state index in [2.05, 4.69) is 48.3 Å². The topological polar surface area (TPSA) is 24.5 Å². The Morgan fingerprint density at radius 3 is 2.72 bits per heavy atom. The summed E-state index contributed by atoms with van der Waals surface area (Å²) in [6.07, 6.45) is 0. The van der Waals surface area contributed by atoms with Gasteiger partial charge in [0.1, 0.15) is 5.75 Å². The highest BCUT2D eigenvalue weighted by Crippen LogP contribution is 2.34. The third kappa shape index (κ3) is 2.38. The maximum Gasteiger partial charge on any atom is 0.122 e. The summed E-state index contributed by atoms with van der Waals surface area (Å²) >= 11 is 0. The summed E-state index contributed by atoms with van der Waals surface area (Å²) in [7, 11) is 0. The van der Waals surface area contributed by atoms with Crippen LogP contribution in [0.2, 0.25) is 0 Å². The Hall–Kier alpha value is -1.06. The molecule has 2 aliphatic rings. The fourth-order valence-electron chi connectivity index (χ4n) is 3.28. The third-order valence-corrected chi connectivity index (χ3v) is 3.91. The zero-order chi connectivity index (χ0) is 12.5. The molecule has 1 N–H and O–H groups in total. The Kier molecular flexibility index (Phi) is 3.27. The minimum absolute atomic E-state index is 0.540. The molecule has 3 unspecified atom stereocenters. The quantitative estimate of drug-likeness (QED) is 0.862. The number of fused-ring (bicyclic) bond motifs is 1. The van der Waals surface area contributed by atoms with E-state index >= 15 is 0 Å². The summed E-state index contributed by atoms with van der Waals surface area (Å²) in [5, 5.41) is 3.58. The first-order valence-corrected chi connectivity index (χ1v) is 6.92. The van der Waals surface area contributed by atoms with Crippen LogP contribution < -0.4 is 10.1 Å². The van der Waals surface area contributed by atoms with E-state index in [1.807, 2.05) is 0 Å². The van der Waals surface area contributed by atoms with Gasteiger partial charge in [0.05, 0.1) is 6.61 Å². The lowest BCUT2D eigenvalue weighted by molar-refractivity contribution is 0.158. The minimum atomic E-state index is 0.540. The van der Waals surface area contributed by atoms with Crippen molar-refractivity contribution in [3.05, 3.63) is 29.8 Å². The fourth-order valence-corrected chi connectivity index (χ4v) is 3.28. The standard InChI is InChI=1S/C15H22N2O/c1-11-7-17(8-12(2)16-11)9-13-10-18-15-6-4-3-5-14(13)15/h3-6,11-13,16H,7-10H2,1-2H3. The van der Waals surface area contributed by atoms with E-state index < -0.39 is 0 Å². The molecule has 0 aromatic heterocycles. The molecule has 0 saturated carbocycles. The lowest BCUT2D eigenvalue weighted by atomic mass is 9.99. The van der Waals surface area contributed by atoms with Crippen molar-refractivity contribution in [2.75, 3.05) is 26.2 Å². The van der Waals surface area contributed by atoms with Crippen molar-refractivity contribution in [3.63, 3.8) is 0 Å². The van der Waals surface area contributed by atoms with Gasteiger partial charge in [0.2, 0.25) is 0 Å². The van der Waals surface area contributed by atoms with Crippen molar-refractivity contribution >= 4 is 0 Å². The van der Waals surface area contributed by atoms with Crippen molar-refractivity contribution in [2.45, 2.75) is 31.8 Å². The lowest BCUT2D eigenvalue weighted by Gasteiger charge is -2.37. The monoisotopic (exact) mass is 246 g/mol. The molecule has 98 valence electrons. The highest BCUT2D eigenvalue weighted by Gasteiger charge is 2.28. The Bertz CT molecular complexity index is 411. The lowest BCUT2D eigenvalue weighted by Crippen LogP contribution is -2.54. The molecular formula is C15H22N2O. The van der Waals surface area contributed by atoms with E-state index in [1.165, 1.54) is 5.56 Å². The molecule has 3 nitrogen and oxygen atoms in total. The summed E-state index contributed by atoms with van der Waals surface area (Å²) in [6.45, 7) is 8.77. The molecule has 0 aliphatic carbocycles. The van der Waals surface area contributed by atoms with Gasteiger partial charge in [0, 0.05) is 43.2 Å². The molecule has 1 aromatic carbocycles. The Balaban J connectivity index is 1.67. The van der Waals surface area contributed by atoms with Gasteiger partial charge in [-0.2, -0.15) is 0 Å². The molecule has 0 spiro atoms. The first kappa shape index (κ1) is 12.0. The van der Waals surface area contributed by atoms with E-state index in [0.717, 1.165) is 32.0 Å². The average Bonchev–Trinajstić information content (AvgIpc) is 2.72. The first-order valence-electron chi connectivity index (χ1n) is 6.92. The number of nitrogens with zero attached hydrogens (tertiary/aromatic N) is 1. The molecule has 3 rings (SSSR count). The van der Waals surface area contributed by atoms with Crippen LogP contribution in [-0.4, -0.2) is 43.2 Å². The molecule has 3 heteroatoms. The highest BCUT2D eigenvalue weighted by molar-refractivity contribution is 5.39. The molecule has 18 heavy (non-hydrogen) atoms. The van der Waals surface area contributed by atoms with Gasteiger partial charge < -0.3 is 10.1 Å². The summed E-state index contributed by atoms with van der Waals surface area (Å²) < 4.78 is 5.76. The highest BCUT2D eigenvalue weighted by atomic mass is 16.5. The Morgan fingerprint density at radius 2 is 1.94 bits per heavy atom. The first-order chi connectivity index (χ1) is 8.72. The largest absolute Gasteiger partial charge is 0.493 e.